The monoisotopic (exact) mass is 196 g/mol. The molecule has 0 N–H and O–H groups in total. The lowest BCUT2D eigenvalue weighted by Crippen LogP contribution is -2.12. The van der Waals surface area contributed by atoms with Gasteiger partial charge in [0.1, 0.15) is 5.82 Å². The van der Waals surface area contributed by atoms with Crippen LogP contribution in [0.4, 0.5) is 0 Å². The van der Waals surface area contributed by atoms with Gasteiger partial charge in [-0.05, 0) is 20.3 Å². The van der Waals surface area contributed by atoms with Crippen molar-refractivity contribution in [2.75, 3.05) is 6.61 Å². The summed E-state index contributed by atoms with van der Waals surface area (Å²) in [4.78, 5) is 4.31. The van der Waals surface area contributed by atoms with Gasteiger partial charge in [-0.1, -0.05) is 6.92 Å². The number of nitrogens with zero attached hydrogens (tertiary/aromatic N) is 2. The molecular weight excluding hydrogens is 176 g/mol. The van der Waals surface area contributed by atoms with Crippen molar-refractivity contribution in [1.82, 2.24) is 9.55 Å². The first-order valence-corrected chi connectivity index (χ1v) is 5.35. The van der Waals surface area contributed by atoms with Crippen LogP contribution in [0.1, 0.15) is 33.0 Å². The van der Waals surface area contributed by atoms with E-state index in [1.54, 1.807) is 0 Å². The topological polar surface area (TPSA) is 27.1 Å². The Morgan fingerprint density at radius 2 is 2.29 bits per heavy atom. The molecule has 0 aliphatic carbocycles. The molecule has 0 aliphatic heterocycles. The smallest absolute Gasteiger partial charge is 0.108 e. The normalized spacial score (nSPS) is 11.1. The predicted octanol–water partition coefficient (Wildman–Crippen LogP) is 2.26. The zero-order valence-corrected chi connectivity index (χ0v) is 9.36. The van der Waals surface area contributed by atoms with Crippen LogP contribution in [0.3, 0.4) is 0 Å². The molecule has 0 aromatic carbocycles. The van der Waals surface area contributed by atoms with E-state index < -0.39 is 0 Å². The maximum absolute atomic E-state index is 5.50. The van der Waals surface area contributed by atoms with Crippen molar-refractivity contribution < 1.29 is 4.74 Å². The van der Waals surface area contributed by atoms with Crippen molar-refractivity contribution in [2.24, 2.45) is 0 Å². The highest BCUT2D eigenvalue weighted by Gasteiger charge is 2.01. The average molecular weight is 196 g/mol. The minimum Gasteiger partial charge on any atom is -0.377 e. The van der Waals surface area contributed by atoms with Crippen molar-refractivity contribution in [3.05, 3.63) is 18.2 Å². The van der Waals surface area contributed by atoms with Crippen LogP contribution in [0.2, 0.25) is 0 Å². The number of hydrogen-bond acceptors (Lipinski definition) is 2. The van der Waals surface area contributed by atoms with Crippen LogP contribution in [0.25, 0.3) is 0 Å². The van der Waals surface area contributed by atoms with Crippen LogP contribution < -0.4 is 0 Å². The Morgan fingerprint density at radius 3 is 2.93 bits per heavy atom. The molecule has 80 valence electrons. The van der Waals surface area contributed by atoms with Crippen LogP contribution in [0.15, 0.2) is 12.4 Å². The summed E-state index contributed by atoms with van der Waals surface area (Å²) in [7, 11) is 0. The molecule has 0 spiro atoms. The summed E-state index contributed by atoms with van der Waals surface area (Å²) in [6.07, 6.45) is 6.39. The highest BCUT2D eigenvalue weighted by atomic mass is 16.5. The number of aryl methyl sites for hydroxylation is 1. The molecule has 3 nitrogen and oxygen atoms in total. The van der Waals surface area contributed by atoms with Gasteiger partial charge in [-0.2, -0.15) is 0 Å². The molecule has 0 radical (unpaired) electrons. The van der Waals surface area contributed by atoms with Crippen LogP contribution in [0, 0.1) is 0 Å². The SMILES string of the molecule is CCCc1nccn1CCOC(C)C. The summed E-state index contributed by atoms with van der Waals surface area (Å²) < 4.78 is 7.67. The summed E-state index contributed by atoms with van der Waals surface area (Å²) in [5.41, 5.74) is 0. The average Bonchev–Trinajstić information content (AvgIpc) is 2.53. The molecule has 0 fully saturated rings. The Balaban J connectivity index is 2.37. The van der Waals surface area contributed by atoms with Gasteiger partial charge in [0.25, 0.3) is 0 Å². The van der Waals surface area contributed by atoms with Crippen LogP contribution in [0.5, 0.6) is 0 Å². The van der Waals surface area contributed by atoms with E-state index in [1.165, 1.54) is 5.82 Å². The zero-order valence-electron chi connectivity index (χ0n) is 9.36. The number of hydrogen-bond donors (Lipinski definition) is 0. The number of aromatic nitrogens is 2. The Kier molecular flexibility index (Phi) is 4.66. The number of rotatable bonds is 6. The third kappa shape index (κ3) is 3.50. The Morgan fingerprint density at radius 1 is 1.50 bits per heavy atom. The Labute approximate surface area is 86.1 Å². The molecule has 3 heteroatoms. The molecule has 0 aliphatic rings. The van der Waals surface area contributed by atoms with Crippen molar-refractivity contribution in [3.63, 3.8) is 0 Å². The standard InChI is InChI=1S/C11H20N2O/c1-4-5-11-12-6-7-13(11)8-9-14-10(2)3/h6-7,10H,4-5,8-9H2,1-3H3. The lowest BCUT2D eigenvalue weighted by atomic mass is 10.3. The van der Waals surface area contributed by atoms with Gasteiger partial charge in [-0.3, -0.25) is 0 Å². The van der Waals surface area contributed by atoms with Crippen molar-refractivity contribution in [3.8, 4) is 0 Å². The molecule has 0 saturated heterocycles. The fraction of sp³-hybridized carbons (Fsp3) is 0.727. The van der Waals surface area contributed by atoms with Gasteiger partial charge in [-0.15, -0.1) is 0 Å². The molecule has 1 aromatic rings. The Hall–Kier alpha value is -0.830. The van der Waals surface area contributed by atoms with Gasteiger partial charge in [0, 0.05) is 25.4 Å². The van der Waals surface area contributed by atoms with Gasteiger partial charge in [0.15, 0.2) is 0 Å². The van der Waals surface area contributed by atoms with E-state index in [-0.39, 0.29) is 0 Å². The number of imidazole rings is 1. The van der Waals surface area contributed by atoms with Crippen LogP contribution in [-0.4, -0.2) is 22.3 Å². The number of ether oxygens (including phenoxy) is 1. The molecular formula is C11H20N2O. The van der Waals surface area contributed by atoms with Gasteiger partial charge in [0.05, 0.1) is 12.7 Å². The quantitative estimate of drug-likeness (QED) is 0.698. The van der Waals surface area contributed by atoms with Crippen molar-refractivity contribution >= 4 is 0 Å². The molecule has 1 rings (SSSR count). The van der Waals surface area contributed by atoms with Gasteiger partial charge >= 0.3 is 0 Å². The van der Waals surface area contributed by atoms with Gasteiger partial charge < -0.3 is 9.30 Å². The van der Waals surface area contributed by atoms with E-state index >= 15 is 0 Å². The highest BCUT2D eigenvalue weighted by Crippen LogP contribution is 2.01. The molecule has 0 unspecified atom stereocenters. The van der Waals surface area contributed by atoms with Crippen LogP contribution in [-0.2, 0) is 17.7 Å². The van der Waals surface area contributed by atoms with E-state index in [0.717, 1.165) is 26.0 Å². The van der Waals surface area contributed by atoms with E-state index in [9.17, 15) is 0 Å². The third-order valence-corrected chi connectivity index (χ3v) is 2.06. The first-order valence-electron chi connectivity index (χ1n) is 5.35. The van der Waals surface area contributed by atoms with Crippen molar-refractivity contribution in [1.29, 1.82) is 0 Å². The lowest BCUT2D eigenvalue weighted by molar-refractivity contribution is 0.0723. The zero-order chi connectivity index (χ0) is 10.4. The second-order valence-electron chi connectivity index (χ2n) is 3.71. The minimum absolute atomic E-state index is 0.313. The fourth-order valence-electron chi connectivity index (χ4n) is 1.38. The van der Waals surface area contributed by atoms with Crippen LogP contribution >= 0.6 is 0 Å². The summed E-state index contributed by atoms with van der Waals surface area (Å²) in [6, 6.07) is 0. The van der Waals surface area contributed by atoms with E-state index in [1.807, 2.05) is 12.4 Å². The van der Waals surface area contributed by atoms with Crippen molar-refractivity contribution in [2.45, 2.75) is 46.3 Å². The molecule has 1 aromatic heterocycles. The molecule has 0 bridgehead atoms. The van der Waals surface area contributed by atoms with E-state index in [2.05, 4.69) is 30.3 Å². The molecule has 14 heavy (non-hydrogen) atoms. The summed E-state index contributed by atoms with van der Waals surface area (Å²) in [5.74, 6) is 1.17. The first-order chi connectivity index (χ1) is 6.74. The minimum atomic E-state index is 0.313. The molecule has 0 amide bonds. The largest absolute Gasteiger partial charge is 0.377 e. The molecule has 0 saturated carbocycles. The fourth-order valence-corrected chi connectivity index (χ4v) is 1.38. The van der Waals surface area contributed by atoms with Gasteiger partial charge in [0.2, 0.25) is 0 Å². The summed E-state index contributed by atoms with van der Waals surface area (Å²) in [6.45, 7) is 7.96. The summed E-state index contributed by atoms with van der Waals surface area (Å²) >= 11 is 0. The predicted molar refractivity (Wildman–Crippen MR) is 57.3 cm³/mol. The summed E-state index contributed by atoms with van der Waals surface area (Å²) in [5, 5.41) is 0. The first kappa shape index (κ1) is 11.2. The van der Waals surface area contributed by atoms with Gasteiger partial charge in [-0.25, -0.2) is 4.98 Å². The molecule has 0 atom stereocenters. The second kappa shape index (κ2) is 5.81. The second-order valence-corrected chi connectivity index (χ2v) is 3.71. The van der Waals surface area contributed by atoms with E-state index in [0.29, 0.717) is 6.10 Å². The third-order valence-electron chi connectivity index (χ3n) is 2.06. The maximum atomic E-state index is 5.50. The van der Waals surface area contributed by atoms with E-state index in [4.69, 9.17) is 4.74 Å². The highest BCUT2D eigenvalue weighted by molar-refractivity contribution is 4.92. The molecule has 1 heterocycles. The lowest BCUT2D eigenvalue weighted by Gasteiger charge is -2.09. The Bertz CT molecular complexity index is 256. The maximum Gasteiger partial charge on any atom is 0.108 e.